The van der Waals surface area contributed by atoms with Gasteiger partial charge < -0.3 is 18.9 Å². The molecule has 0 radical (unpaired) electrons. The molecule has 2 aliphatic heterocycles. The van der Waals surface area contributed by atoms with E-state index in [1.54, 1.807) is 12.1 Å². The molecular formula is C49H24F2O4. The Morgan fingerprint density at radius 1 is 0.418 bits per heavy atom. The molecule has 0 saturated carbocycles. The highest BCUT2D eigenvalue weighted by Crippen LogP contribution is 2.58. The second kappa shape index (κ2) is 11.2. The molecule has 0 fully saturated rings. The van der Waals surface area contributed by atoms with Crippen LogP contribution in [0.1, 0.15) is 33.4 Å². The third-order valence-electron chi connectivity index (χ3n) is 10.8. The molecule has 55 heavy (non-hydrogen) atoms. The van der Waals surface area contributed by atoms with Gasteiger partial charge in [-0.15, -0.1) is 12.8 Å². The molecule has 0 unspecified atom stereocenters. The molecule has 258 valence electrons. The summed E-state index contributed by atoms with van der Waals surface area (Å²) in [7, 11) is 0. The lowest BCUT2D eigenvalue weighted by molar-refractivity contribution is 0.343. The highest BCUT2D eigenvalue weighted by molar-refractivity contribution is 5.93. The molecule has 1 aliphatic carbocycles. The normalized spacial score (nSPS) is 13.6. The van der Waals surface area contributed by atoms with Gasteiger partial charge in [0.2, 0.25) is 11.5 Å². The zero-order valence-electron chi connectivity index (χ0n) is 28.7. The van der Waals surface area contributed by atoms with Gasteiger partial charge in [-0.25, -0.2) is 8.78 Å². The average Bonchev–Trinajstić information content (AvgIpc) is 3.51. The number of hydrogen-bond acceptors (Lipinski definition) is 4. The SMILES string of the molecule is C#Cc1cc(F)c2c(c1)Oc1cc3cc(C4(c5ccc6cc7c(cc6c5)Oc5c(F)cc(C#C)cc5O7)c5ccccc5-c5ccccc54)ccc3cc1O2. The molecule has 0 bridgehead atoms. The van der Waals surface area contributed by atoms with Gasteiger partial charge in [-0.05, 0) is 103 Å². The Morgan fingerprint density at radius 2 is 0.836 bits per heavy atom. The molecule has 0 aromatic heterocycles. The molecule has 0 spiro atoms. The number of benzene rings is 8. The van der Waals surface area contributed by atoms with E-state index in [4.69, 9.17) is 31.8 Å². The highest BCUT2D eigenvalue weighted by atomic mass is 19.1. The van der Waals surface area contributed by atoms with Crippen LogP contribution in [0.2, 0.25) is 0 Å². The molecule has 0 N–H and O–H groups in total. The summed E-state index contributed by atoms with van der Waals surface area (Å²) in [6, 6.07) is 43.1. The van der Waals surface area contributed by atoms with Crippen molar-refractivity contribution in [2.75, 3.05) is 0 Å². The van der Waals surface area contributed by atoms with Crippen molar-refractivity contribution in [3.05, 3.63) is 178 Å². The van der Waals surface area contributed by atoms with Crippen LogP contribution in [0.5, 0.6) is 46.0 Å². The topological polar surface area (TPSA) is 36.9 Å². The largest absolute Gasteiger partial charge is 0.449 e. The first-order chi connectivity index (χ1) is 26.9. The van der Waals surface area contributed by atoms with Crippen molar-refractivity contribution in [2.45, 2.75) is 5.41 Å². The number of rotatable bonds is 2. The molecule has 8 aromatic carbocycles. The maximum Gasteiger partial charge on any atom is 0.205 e. The van der Waals surface area contributed by atoms with E-state index in [1.165, 1.54) is 12.1 Å². The second-order valence-electron chi connectivity index (χ2n) is 13.8. The summed E-state index contributed by atoms with van der Waals surface area (Å²) in [6.07, 6.45) is 11.1. The molecule has 8 aromatic rings. The van der Waals surface area contributed by atoms with Gasteiger partial charge in [-0.3, -0.25) is 0 Å². The number of ether oxygens (including phenoxy) is 4. The van der Waals surface area contributed by atoms with E-state index in [9.17, 15) is 4.39 Å². The number of fused-ring (bicyclic) bond motifs is 9. The predicted octanol–water partition coefficient (Wildman–Crippen LogP) is 12.4. The van der Waals surface area contributed by atoms with E-state index in [1.807, 2.05) is 24.3 Å². The van der Waals surface area contributed by atoms with Gasteiger partial charge in [0, 0.05) is 23.3 Å². The van der Waals surface area contributed by atoms with Crippen molar-refractivity contribution in [3.63, 3.8) is 0 Å². The molecule has 0 atom stereocenters. The minimum Gasteiger partial charge on any atom is -0.449 e. The first-order valence-electron chi connectivity index (χ1n) is 17.6. The first-order valence-corrected chi connectivity index (χ1v) is 17.6. The van der Waals surface area contributed by atoms with Crippen LogP contribution < -0.4 is 18.9 Å². The Balaban J connectivity index is 1.10. The lowest BCUT2D eigenvalue weighted by atomic mass is 9.67. The molecule has 2 heterocycles. The summed E-state index contributed by atoms with van der Waals surface area (Å²) < 4.78 is 54.5. The summed E-state index contributed by atoms with van der Waals surface area (Å²) in [5.74, 6) is 5.95. The van der Waals surface area contributed by atoms with Crippen LogP contribution in [0.15, 0.2) is 133 Å². The number of terminal acetylenes is 2. The second-order valence-corrected chi connectivity index (χ2v) is 13.8. The van der Waals surface area contributed by atoms with Gasteiger partial charge in [0.25, 0.3) is 0 Å². The lowest BCUT2D eigenvalue weighted by Gasteiger charge is -2.34. The van der Waals surface area contributed by atoms with Crippen LogP contribution in [0, 0.1) is 36.3 Å². The molecule has 6 heteroatoms. The van der Waals surface area contributed by atoms with Crippen LogP contribution >= 0.6 is 0 Å². The zero-order valence-corrected chi connectivity index (χ0v) is 28.7. The molecule has 0 amide bonds. The fourth-order valence-corrected chi connectivity index (χ4v) is 8.43. The van der Waals surface area contributed by atoms with Crippen molar-refractivity contribution in [2.24, 2.45) is 0 Å². The van der Waals surface area contributed by atoms with Crippen LogP contribution in [0.25, 0.3) is 32.7 Å². The standard InChI is InChI=1S/C49H24F2O4/c1-3-27-18-40(51)48-45(19-27)52-41-23-29-13-15-34(22-32(29)26-44(41)55-48)49(37-11-7-5-9-35(37)36-10-6-8-12-38(36)49)33-16-14-30-24-43-42(25-31(30)21-33)53-46-20-28(4-2)17-39(50)47(46)54-43/h1-2,5-26H. The summed E-state index contributed by atoms with van der Waals surface area (Å²) in [4.78, 5) is 0. The fourth-order valence-electron chi connectivity index (χ4n) is 8.43. The van der Waals surface area contributed by atoms with Crippen molar-refractivity contribution < 1.29 is 27.7 Å². The lowest BCUT2D eigenvalue weighted by Crippen LogP contribution is -2.28. The van der Waals surface area contributed by atoms with Gasteiger partial charge in [0.1, 0.15) is 0 Å². The first kappa shape index (κ1) is 31.0. The minimum atomic E-state index is -0.738. The van der Waals surface area contributed by atoms with Gasteiger partial charge in [0.05, 0.1) is 5.41 Å². The highest BCUT2D eigenvalue weighted by Gasteiger charge is 2.46. The zero-order chi connectivity index (χ0) is 37.0. The predicted molar refractivity (Wildman–Crippen MR) is 208 cm³/mol. The van der Waals surface area contributed by atoms with Gasteiger partial charge in [-0.1, -0.05) is 84.6 Å². The molecule has 3 aliphatic rings. The van der Waals surface area contributed by atoms with Crippen molar-refractivity contribution in [1.29, 1.82) is 0 Å². The third-order valence-corrected chi connectivity index (χ3v) is 10.8. The van der Waals surface area contributed by atoms with Crippen molar-refractivity contribution in [1.82, 2.24) is 0 Å². The van der Waals surface area contributed by atoms with Crippen LogP contribution in [-0.2, 0) is 5.41 Å². The third kappa shape index (κ3) is 4.40. The van der Waals surface area contributed by atoms with Crippen LogP contribution in [0.4, 0.5) is 8.78 Å². The fraction of sp³-hybridized carbons (Fsp3) is 0.0204. The number of halogens is 2. The van der Waals surface area contributed by atoms with E-state index < -0.39 is 17.0 Å². The van der Waals surface area contributed by atoms with E-state index in [-0.39, 0.29) is 23.0 Å². The van der Waals surface area contributed by atoms with Gasteiger partial charge in [-0.2, -0.15) is 0 Å². The van der Waals surface area contributed by atoms with E-state index in [0.717, 1.165) is 54.9 Å². The van der Waals surface area contributed by atoms with Gasteiger partial charge >= 0.3 is 0 Å². The molecule has 0 saturated heterocycles. The summed E-state index contributed by atoms with van der Waals surface area (Å²) in [5.41, 5.74) is 6.61. The average molecular weight is 715 g/mol. The Bertz CT molecular complexity index is 3070. The maximum absolute atomic E-state index is 15.1. The summed E-state index contributed by atoms with van der Waals surface area (Å²) in [5, 5.41) is 3.62. The molecule has 4 nitrogen and oxygen atoms in total. The molecule has 11 rings (SSSR count). The van der Waals surface area contributed by atoms with Gasteiger partial charge in [0.15, 0.2) is 46.1 Å². The summed E-state index contributed by atoms with van der Waals surface area (Å²) in [6.45, 7) is 0. The van der Waals surface area contributed by atoms with E-state index in [2.05, 4.69) is 96.8 Å². The Morgan fingerprint density at radius 3 is 1.29 bits per heavy atom. The van der Waals surface area contributed by atoms with Crippen LogP contribution in [0.3, 0.4) is 0 Å². The van der Waals surface area contributed by atoms with E-state index in [0.29, 0.717) is 34.1 Å². The monoisotopic (exact) mass is 714 g/mol. The quantitative estimate of drug-likeness (QED) is 0.167. The van der Waals surface area contributed by atoms with Crippen LogP contribution in [-0.4, -0.2) is 0 Å². The number of hydrogen-bond donors (Lipinski definition) is 0. The van der Waals surface area contributed by atoms with E-state index >= 15 is 4.39 Å². The smallest absolute Gasteiger partial charge is 0.205 e. The summed E-state index contributed by atoms with van der Waals surface area (Å²) >= 11 is 0. The Kier molecular flexibility index (Phi) is 6.34. The Hall–Kier alpha value is -7.54. The Labute approximate surface area is 314 Å². The van der Waals surface area contributed by atoms with Crippen molar-refractivity contribution >= 4 is 21.5 Å². The molecular weight excluding hydrogens is 691 g/mol. The minimum absolute atomic E-state index is 0.00232. The maximum atomic E-state index is 15.1. The van der Waals surface area contributed by atoms with Crippen molar-refractivity contribution in [3.8, 4) is 81.8 Å².